The molecule has 52 valence electrons. The number of aliphatic hydroxyl groups is 2. The summed E-state index contributed by atoms with van der Waals surface area (Å²) in [6, 6.07) is 0. The third kappa shape index (κ3) is 4.94. The van der Waals surface area contributed by atoms with E-state index in [1.165, 1.54) is 12.2 Å². The van der Waals surface area contributed by atoms with Gasteiger partial charge in [0.25, 0.3) is 0 Å². The van der Waals surface area contributed by atoms with Crippen LogP contribution in [-0.2, 0) is 0 Å². The van der Waals surface area contributed by atoms with Crippen molar-refractivity contribution in [3.05, 3.63) is 24.2 Å². The van der Waals surface area contributed by atoms with Gasteiger partial charge in [-0.05, 0) is 18.6 Å². The minimum atomic E-state index is 0.308. The van der Waals surface area contributed by atoms with E-state index in [9.17, 15) is 0 Å². The molecule has 0 spiro atoms. The molecule has 2 heteroatoms. The Balaban J connectivity index is 3.55. The Morgan fingerprint density at radius 1 is 1.56 bits per heavy atom. The summed E-state index contributed by atoms with van der Waals surface area (Å²) in [6.45, 7) is 1.98. The van der Waals surface area contributed by atoms with Gasteiger partial charge >= 0.3 is 0 Å². The Morgan fingerprint density at radius 2 is 2.22 bits per heavy atom. The first-order chi connectivity index (χ1) is 4.31. The molecule has 0 radical (unpaired) electrons. The fraction of sp³-hybridized carbons (Fsp3) is 0.429. The van der Waals surface area contributed by atoms with Crippen molar-refractivity contribution in [3.63, 3.8) is 0 Å². The van der Waals surface area contributed by atoms with Gasteiger partial charge < -0.3 is 10.2 Å². The van der Waals surface area contributed by atoms with E-state index in [1.807, 2.05) is 6.92 Å². The fourth-order valence-electron chi connectivity index (χ4n) is 0.494. The lowest BCUT2D eigenvalue weighted by Crippen LogP contribution is -1.76. The summed E-state index contributed by atoms with van der Waals surface area (Å²) < 4.78 is 0. The van der Waals surface area contributed by atoms with Gasteiger partial charge in [-0.15, -0.1) is 0 Å². The van der Waals surface area contributed by atoms with E-state index in [2.05, 4.69) is 0 Å². The molecule has 0 aromatic heterocycles. The minimum Gasteiger partial charge on any atom is -0.516 e. The highest BCUT2D eigenvalue weighted by molar-refractivity contribution is 5.03. The lowest BCUT2D eigenvalue weighted by molar-refractivity contribution is 0.386. The molecule has 0 fully saturated rings. The largest absolute Gasteiger partial charge is 0.516 e. The third-order valence-corrected chi connectivity index (χ3v) is 0.881. The van der Waals surface area contributed by atoms with Crippen LogP contribution in [0.3, 0.4) is 0 Å². The number of hydrogen-bond donors (Lipinski definition) is 2. The molecule has 0 heterocycles. The van der Waals surface area contributed by atoms with E-state index in [1.54, 1.807) is 0 Å². The van der Waals surface area contributed by atoms with Gasteiger partial charge in [0.2, 0.25) is 0 Å². The van der Waals surface area contributed by atoms with E-state index in [4.69, 9.17) is 10.2 Å². The molecule has 2 N–H and O–H groups in total. The van der Waals surface area contributed by atoms with Gasteiger partial charge in [0, 0.05) is 6.42 Å². The second-order valence-electron chi connectivity index (χ2n) is 1.75. The molecule has 0 aromatic carbocycles. The average molecular weight is 128 g/mol. The third-order valence-electron chi connectivity index (χ3n) is 0.881. The van der Waals surface area contributed by atoms with E-state index in [-0.39, 0.29) is 0 Å². The van der Waals surface area contributed by atoms with Crippen molar-refractivity contribution >= 4 is 0 Å². The predicted molar refractivity (Wildman–Crippen MR) is 37.4 cm³/mol. The first-order valence-corrected chi connectivity index (χ1v) is 3.00. The van der Waals surface area contributed by atoms with E-state index in [0.717, 1.165) is 12.7 Å². The van der Waals surface area contributed by atoms with E-state index < -0.39 is 0 Å². The zero-order valence-corrected chi connectivity index (χ0v) is 5.54. The smallest absolute Gasteiger partial charge is 0.0923 e. The van der Waals surface area contributed by atoms with Gasteiger partial charge in [-0.2, -0.15) is 0 Å². The second-order valence-corrected chi connectivity index (χ2v) is 1.75. The van der Waals surface area contributed by atoms with Crippen LogP contribution in [0.5, 0.6) is 0 Å². The summed E-state index contributed by atoms with van der Waals surface area (Å²) in [7, 11) is 0. The summed E-state index contributed by atoms with van der Waals surface area (Å²) in [5, 5.41) is 17.0. The molecule has 0 aromatic rings. The van der Waals surface area contributed by atoms with Crippen molar-refractivity contribution < 1.29 is 10.2 Å². The van der Waals surface area contributed by atoms with Gasteiger partial charge in [0.1, 0.15) is 0 Å². The monoisotopic (exact) mass is 128 g/mol. The maximum atomic E-state index is 8.88. The molecule has 0 rings (SSSR count). The highest BCUT2D eigenvalue weighted by atomic mass is 16.3. The van der Waals surface area contributed by atoms with Crippen LogP contribution in [0.2, 0.25) is 0 Å². The normalized spacial score (nSPS) is 12.8. The lowest BCUT2D eigenvalue weighted by atomic mass is 10.3. The van der Waals surface area contributed by atoms with Crippen LogP contribution in [0.25, 0.3) is 0 Å². The van der Waals surface area contributed by atoms with Crippen molar-refractivity contribution in [1.29, 1.82) is 0 Å². The molecular formula is C7H12O2. The van der Waals surface area contributed by atoms with Crippen LogP contribution < -0.4 is 0 Å². The standard InChI is InChI=1S/C7H12O2/c1-2-4-7(9)5-3-6-8/h3,5-6,8-9H,2,4H2,1H3. The molecule has 9 heavy (non-hydrogen) atoms. The Kier molecular flexibility index (Phi) is 4.69. The molecule has 0 aliphatic heterocycles. The van der Waals surface area contributed by atoms with Crippen LogP contribution in [0.1, 0.15) is 19.8 Å². The Labute approximate surface area is 55.1 Å². The second kappa shape index (κ2) is 5.22. The first-order valence-electron chi connectivity index (χ1n) is 3.00. The van der Waals surface area contributed by atoms with Crippen LogP contribution in [0.4, 0.5) is 0 Å². The maximum absolute atomic E-state index is 8.88. The van der Waals surface area contributed by atoms with Crippen molar-refractivity contribution in [3.8, 4) is 0 Å². The highest BCUT2D eigenvalue weighted by Gasteiger charge is 1.85. The molecule has 0 amide bonds. The first kappa shape index (κ1) is 8.08. The van der Waals surface area contributed by atoms with Crippen molar-refractivity contribution in [2.75, 3.05) is 0 Å². The summed E-state index contributed by atoms with van der Waals surface area (Å²) in [5.41, 5.74) is 0. The average Bonchev–Trinajstić information content (AvgIpc) is 1.85. The lowest BCUT2D eigenvalue weighted by Gasteiger charge is -1.91. The van der Waals surface area contributed by atoms with Crippen LogP contribution in [-0.4, -0.2) is 10.2 Å². The zero-order chi connectivity index (χ0) is 7.11. The van der Waals surface area contributed by atoms with E-state index >= 15 is 0 Å². The van der Waals surface area contributed by atoms with Gasteiger partial charge in [0.15, 0.2) is 0 Å². The maximum Gasteiger partial charge on any atom is 0.0923 e. The van der Waals surface area contributed by atoms with Crippen LogP contribution in [0.15, 0.2) is 24.2 Å². The molecule has 2 nitrogen and oxygen atoms in total. The van der Waals surface area contributed by atoms with Crippen molar-refractivity contribution in [2.24, 2.45) is 0 Å². The number of hydrogen-bond acceptors (Lipinski definition) is 2. The quantitative estimate of drug-likeness (QED) is 0.452. The predicted octanol–water partition coefficient (Wildman–Crippen LogP) is 2.30. The van der Waals surface area contributed by atoms with Crippen molar-refractivity contribution in [2.45, 2.75) is 19.8 Å². The summed E-state index contributed by atoms with van der Waals surface area (Å²) in [5.74, 6) is 0.308. The molecule has 0 saturated heterocycles. The number of aliphatic hydroxyl groups excluding tert-OH is 2. The van der Waals surface area contributed by atoms with E-state index in [0.29, 0.717) is 12.2 Å². The fourth-order valence-corrected chi connectivity index (χ4v) is 0.494. The number of rotatable bonds is 3. The topological polar surface area (TPSA) is 40.5 Å². The summed E-state index contributed by atoms with van der Waals surface area (Å²) >= 11 is 0. The molecule has 0 saturated carbocycles. The Hall–Kier alpha value is -0.920. The van der Waals surface area contributed by atoms with Gasteiger partial charge in [0.05, 0.1) is 12.0 Å². The van der Waals surface area contributed by atoms with Gasteiger partial charge in [-0.3, -0.25) is 0 Å². The SMILES string of the molecule is CCCC(O)=CC=CO. The summed E-state index contributed by atoms with van der Waals surface area (Å²) in [6.07, 6.45) is 5.35. The molecule has 0 atom stereocenters. The molecule has 0 unspecified atom stereocenters. The number of allylic oxidation sites excluding steroid dienone is 3. The zero-order valence-electron chi connectivity index (χ0n) is 5.54. The van der Waals surface area contributed by atoms with Crippen LogP contribution >= 0.6 is 0 Å². The molecule has 0 bridgehead atoms. The molecule has 0 aliphatic carbocycles. The Bertz CT molecular complexity index is 114. The molecule has 0 aliphatic rings. The van der Waals surface area contributed by atoms with Gasteiger partial charge in [-0.1, -0.05) is 6.92 Å². The van der Waals surface area contributed by atoms with Crippen LogP contribution in [0, 0.1) is 0 Å². The minimum absolute atomic E-state index is 0.308. The Morgan fingerprint density at radius 3 is 2.67 bits per heavy atom. The summed E-state index contributed by atoms with van der Waals surface area (Å²) in [4.78, 5) is 0. The van der Waals surface area contributed by atoms with Gasteiger partial charge in [-0.25, -0.2) is 0 Å². The van der Waals surface area contributed by atoms with Crippen molar-refractivity contribution in [1.82, 2.24) is 0 Å². The molecular weight excluding hydrogens is 116 g/mol. The highest BCUT2D eigenvalue weighted by Crippen LogP contribution is 1.98.